The molecule has 0 fully saturated rings. The van der Waals surface area contributed by atoms with Crippen LogP contribution in [0.15, 0.2) is 84.0 Å². The first-order valence-corrected chi connectivity index (χ1v) is 12.0. The normalized spacial score (nSPS) is 11.8. The van der Waals surface area contributed by atoms with E-state index >= 15 is 0 Å². The Morgan fingerprint density at radius 3 is 2.43 bits per heavy atom. The number of methoxy groups -OCH3 is 1. The molecule has 4 aromatic rings. The summed E-state index contributed by atoms with van der Waals surface area (Å²) in [6.45, 7) is 7.38. The van der Waals surface area contributed by atoms with Crippen LogP contribution in [0.5, 0.6) is 5.75 Å². The molecule has 0 aliphatic carbocycles. The molecule has 7 nitrogen and oxygen atoms in total. The van der Waals surface area contributed by atoms with E-state index in [1.54, 1.807) is 20.1 Å². The van der Waals surface area contributed by atoms with Crippen molar-refractivity contribution in [3.05, 3.63) is 90.0 Å². The number of benzene rings is 3. The van der Waals surface area contributed by atoms with Crippen molar-refractivity contribution >= 4 is 34.1 Å². The summed E-state index contributed by atoms with van der Waals surface area (Å²) in [6.07, 6.45) is 0. The van der Waals surface area contributed by atoms with Crippen LogP contribution < -0.4 is 15.5 Å². The third kappa shape index (κ3) is 6.01. The summed E-state index contributed by atoms with van der Waals surface area (Å²) >= 11 is 0. The first kappa shape index (κ1) is 25.6. The standard InChI is InChI=1S/C30H30N4O3/c1-19(20-10-8-12-22(16-20)31-29(36)30(2,3)4)33-34-28(35)25-18-27(21-11-9-13-23(17-21)37-5)32-26-15-7-6-14-24(25)26/h6-18H,1-5H3,(H,31,36)(H,34,35)/b33-19+. The highest BCUT2D eigenvalue weighted by Gasteiger charge is 2.21. The maximum atomic E-state index is 13.3. The third-order valence-corrected chi connectivity index (χ3v) is 5.87. The molecule has 37 heavy (non-hydrogen) atoms. The molecular formula is C30H30N4O3. The van der Waals surface area contributed by atoms with E-state index < -0.39 is 5.41 Å². The van der Waals surface area contributed by atoms with Gasteiger partial charge >= 0.3 is 0 Å². The monoisotopic (exact) mass is 494 g/mol. The summed E-state index contributed by atoms with van der Waals surface area (Å²) < 4.78 is 5.35. The van der Waals surface area contributed by atoms with Gasteiger partial charge in [-0.1, -0.05) is 63.2 Å². The molecule has 0 saturated heterocycles. The van der Waals surface area contributed by atoms with E-state index in [9.17, 15) is 9.59 Å². The van der Waals surface area contributed by atoms with Crippen LogP contribution >= 0.6 is 0 Å². The number of hydrogen-bond donors (Lipinski definition) is 2. The van der Waals surface area contributed by atoms with Crippen LogP contribution in [0.1, 0.15) is 43.6 Å². The fraction of sp³-hybridized carbons (Fsp3) is 0.200. The van der Waals surface area contributed by atoms with Crippen molar-refractivity contribution in [3.63, 3.8) is 0 Å². The van der Waals surface area contributed by atoms with Crippen LogP contribution in [0.25, 0.3) is 22.2 Å². The number of hydrazone groups is 1. The molecule has 2 N–H and O–H groups in total. The summed E-state index contributed by atoms with van der Waals surface area (Å²) in [5.41, 5.74) is 6.89. The molecule has 0 atom stereocenters. The zero-order valence-electron chi connectivity index (χ0n) is 21.6. The smallest absolute Gasteiger partial charge is 0.272 e. The van der Waals surface area contributed by atoms with Gasteiger partial charge in [-0.25, -0.2) is 10.4 Å². The van der Waals surface area contributed by atoms with E-state index in [4.69, 9.17) is 9.72 Å². The molecule has 4 rings (SSSR count). The first-order chi connectivity index (χ1) is 17.7. The number of ether oxygens (including phenoxy) is 1. The van der Waals surface area contributed by atoms with Gasteiger partial charge in [-0.3, -0.25) is 9.59 Å². The van der Waals surface area contributed by atoms with Gasteiger partial charge in [0.25, 0.3) is 5.91 Å². The van der Waals surface area contributed by atoms with Gasteiger partial charge in [-0.05, 0) is 48.9 Å². The molecule has 0 saturated carbocycles. The highest BCUT2D eigenvalue weighted by Crippen LogP contribution is 2.27. The average Bonchev–Trinajstić information content (AvgIpc) is 2.90. The Morgan fingerprint density at radius 1 is 0.919 bits per heavy atom. The summed E-state index contributed by atoms with van der Waals surface area (Å²) in [5.74, 6) is 0.280. The van der Waals surface area contributed by atoms with E-state index in [1.807, 2.05) is 93.6 Å². The summed E-state index contributed by atoms with van der Waals surface area (Å²) in [6, 6.07) is 24.2. The molecular weight excluding hydrogens is 464 g/mol. The molecule has 0 unspecified atom stereocenters. The number of pyridine rings is 1. The Balaban J connectivity index is 1.61. The molecule has 3 aromatic carbocycles. The van der Waals surface area contributed by atoms with Crippen molar-refractivity contribution in [2.24, 2.45) is 10.5 Å². The Labute approximate surface area is 216 Å². The van der Waals surface area contributed by atoms with Gasteiger partial charge in [0.2, 0.25) is 5.91 Å². The molecule has 0 bridgehead atoms. The molecule has 188 valence electrons. The van der Waals surface area contributed by atoms with E-state index in [1.165, 1.54) is 0 Å². The number of anilines is 1. The van der Waals surface area contributed by atoms with Gasteiger partial charge in [0.05, 0.1) is 29.6 Å². The second-order valence-electron chi connectivity index (χ2n) is 9.73. The number of carbonyl (C=O) groups is 2. The number of aromatic nitrogens is 1. The number of fused-ring (bicyclic) bond motifs is 1. The summed E-state index contributed by atoms with van der Waals surface area (Å²) in [7, 11) is 1.61. The number of amides is 2. The SMILES string of the molecule is COc1cccc(-c2cc(C(=O)N/N=C(\C)c3cccc(NC(=O)C(C)(C)C)c3)c3ccccc3n2)c1. The minimum absolute atomic E-state index is 0.0797. The third-order valence-electron chi connectivity index (χ3n) is 5.87. The first-order valence-electron chi connectivity index (χ1n) is 12.0. The predicted octanol–water partition coefficient (Wildman–Crippen LogP) is 6.05. The minimum Gasteiger partial charge on any atom is -0.497 e. The lowest BCUT2D eigenvalue weighted by molar-refractivity contribution is -0.123. The van der Waals surface area contributed by atoms with E-state index in [0.717, 1.165) is 16.5 Å². The summed E-state index contributed by atoms with van der Waals surface area (Å²) in [5, 5.41) is 7.99. The van der Waals surface area contributed by atoms with Crippen molar-refractivity contribution in [3.8, 4) is 17.0 Å². The zero-order valence-corrected chi connectivity index (χ0v) is 21.6. The van der Waals surface area contributed by atoms with Crippen molar-refractivity contribution in [2.45, 2.75) is 27.7 Å². The Morgan fingerprint density at radius 2 is 1.68 bits per heavy atom. The fourth-order valence-corrected chi connectivity index (χ4v) is 3.69. The van der Waals surface area contributed by atoms with Gasteiger partial charge in [0.15, 0.2) is 0 Å². The van der Waals surface area contributed by atoms with E-state index in [-0.39, 0.29) is 11.8 Å². The summed E-state index contributed by atoms with van der Waals surface area (Å²) in [4.78, 5) is 30.4. The second-order valence-corrected chi connectivity index (χ2v) is 9.73. The highest BCUT2D eigenvalue weighted by molar-refractivity contribution is 6.08. The molecule has 0 aliphatic heterocycles. The van der Waals surface area contributed by atoms with Crippen LogP contribution in [-0.2, 0) is 4.79 Å². The number of carbonyl (C=O) groups excluding carboxylic acids is 2. The van der Waals surface area contributed by atoms with E-state index in [0.29, 0.717) is 33.9 Å². The number of nitrogens with zero attached hydrogens (tertiary/aromatic N) is 2. The van der Waals surface area contributed by atoms with E-state index in [2.05, 4.69) is 15.8 Å². The van der Waals surface area contributed by atoms with Crippen molar-refractivity contribution < 1.29 is 14.3 Å². The fourth-order valence-electron chi connectivity index (χ4n) is 3.69. The van der Waals surface area contributed by atoms with Crippen LogP contribution in [0.4, 0.5) is 5.69 Å². The zero-order chi connectivity index (χ0) is 26.6. The molecule has 0 spiro atoms. The van der Waals surface area contributed by atoms with Gasteiger partial charge in [0.1, 0.15) is 5.75 Å². The van der Waals surface area contributed by atoms with Crippen LogP contribution in [0.2, 0.25) is 0 Å². The average molecular weight is 495 g/mol. The maximum absolute atomic E-state index is 13.3. The largest absolute Gasteiger partial charge is 0.497 e. The molecule has 1 heterocycles. The lowest BCUT2D eigenvalue weighted by Crippen LogP contribution is -2.27. The number of rotatable bonds is 6. The molecule has 0 aliphatic rings. The van der Waals surface area contributed by atoms with Gasteiger partial charge < -0.3 is 10.1 Å². The number of nitrogens with one attached hydrogen (secondary N) is 2. The topological polar surface area (TPSA) is 92.7 Å². The Bertz CT molecular complexity index is 1500. The van der Waals surface area contributed by atoms with Crippen LogP contribution in [0.3, 0.4) is 0 Å². The lowest BCUT2D eigenvalue weighted by Gasteiger charge is -2.18. The highest BCUT2D eigenvalue weighted by atomic mass is 16.5. The van der Waals surface area contributed by atoms with Crippen LogP contribution in [-0.4, -0.2) is 29.6 Å². The number of para-hydroxylation sites is 1. The second kappa shape index (κ2) is 10.6. The maximum Gasteiger partial charge on any atom is 0.272 e. The Kier molecular flexibility index (Phi) is 7.34. The molecule has 0 radical (unpaired) electrons. The number of hydrogen-bond acceptors (Lipinski definition) is 5. The predicted molar refractivity (Wildman–Crippen MR) is 148 cm³/mol. The molecule has 2 amide bonds. The van der Waals surface area contributed by atoms with Gasteiger partial charge in [-0.2, -0.15) is 5.10 Å². The van der Waals surface area contributed by atoms with Crippen molar-refractivity contribution in [2.75, 3.05) is 12.4 Å². The van der Waals surface area contributed by atoms with Gasteiger partial charge in [0, 0.05) is 22.1 Å². The lowest BCUT2D eigenvalue weighted by atomic mass is 9.95. The van der Waals surface area contributed by atoms with Crippen molar-refractivity contribution in [1.29, 1.82) is 0 Å². The quantitative estimate of drug-likeness (QED) is 0.252. The molecule has 1 aromatic heterocycles. The van der Waals surface area contributed by atoms with Crippen molar-refractivity contribution in [1.82, 2.24) is 10.4 Å². The Hall–Kier alpha value is -4.52. The minimum atomic E-state index is -0.510. The van der Waals surface area contributed by atoms with Gasteiger partial charge in [-0.15, -0.1) is 0 Å². The molecule has 7 heteroatoms. The van der Waals surface area contributed by atoms with Crippen LogP contribution in [0, 0.1) is 5.41 Å².